The molecule has 0 unspecified atom stereocenters. The number of ether oxygens (including phenoxy) is 1. The normalized spacial score (nSPS) is 11.4. The maximum Gasteiger partial charge on any atom is 0.127 e. The van der Waals surface area contributed by atoms with Crippen LogP contribution in [-0.2, 0) is 6.42 Å². The molecule has 0 heterocycles. The van der Waals surface area contributed by atoms with E-state index in [0.717, 1.165) is 30.8 Å². The van der Waals surface area contributed by atoms with Crippen LogP contribution in [0.25, 0.3) is 0 Å². The zero-order valence-electron chi connectivity index (χ0n) is 12.9. The maximum atomic E-state index is 9.06. The molecule has 0 fully saturated rings. The van der Waals surface area contributed by atoms with E-state index >= 15 is 0 Å². The van der Waals surface area contributed by atoms with E-state index in [1.165, 1.54) is 5.56 Å². The molecule has 112 valence electrons. The molecular weight excluding hydrogens is 260 g/mol. The van der Waals surface area contributed by atoms with Crippen molar-refractivity contribution < 1.29 is 9.84 Å². The van der Waals surface area contributed by atoms with Gasteiger partial charge >= 0.3 is 0 Å². The van der Waals surface area contributed by atoms with Crippen LogP contribution in [0, 0.1) is 5.41 Å². The standard InChI is InChI=1S/C19H24O2/c1-19(2,14-15-20)13-12-16-8-10-18(11-9-16)21-17-6-4-3-5-7-17/h3-11,20H,12-15H2,1-2H3. The predicted octanol–water partition coefficient (Wildman–Crippen LogP) is 4.82. The van der Waals surface area contributed by atoms with Crippen LogP contribution in [0.1, 0.15) is 32.3 Å². The van der Waals surface area contributed by atoms with Crippen molar-refractivity contribution in [1.82, 2.24) is 0 Å². The molecule has 2 aromatic carbocycles. The number of aliphatic hydroxyl groups is 1. The van der Waals surface area contributed by atoms with Crippen molar-refractivity contribution in [2.24, 2.45) is 5.41 Å². The zero-order chi connectivity index (χ0) is 15.1. The third kappa shape index (κ3) is 5.24. The van der Waals surface area contributed by atoms with Crippen LogP contribution in [0.3, 0.4) is 0 Å². The molecule has 2 heteroatoms. The van der Waals surface area contributed by atoms with Crippen molar-refractivity contribution in [1.29, 1.82) is 0 Å². The Morgan fingerprint density at radius 3 is 2.10 bits per heavy atom. The number of hydrogen-bond donors (Lipinski definition) is 1. The van der Waals surface area contributed by atoms with E-state index in [1.807, 2.05) is 42.5 Å². The van der Waals surface area contributed by atoms with Crippen molar-refractivity contribution in [2.45, 2.75) is 33.1 Å². The van der Waals surface area contributed by atoms with E-state index in [4.69, 9.17) is 9.84 Å². The summed E-state index contributed by atoms with van der Waals surface area (Å²) in [7, 11) is 0. The Morgan fingerprint density at radius 2 is 1.48 bits per heavy atom. The minimum Gasteiger partial charge on any atom is -0.457 e. The third-order valence-corrected chi connectivity index (χ3v) is 3.78. The van der Waals surface area contributed by atoms with Gasteiger partial charge in [0.2, 0.25) is 0 Å². The van der Waals surface area contributed by atoms with Crippen molar-refractivity contribution in [2.75, 3.05) is 6.61 Å². The highest BCUT2D eigenvalue weighted by Crippen LogP contribution is 2.27. The SMILES string of the molecule is CC(C)(CCO)CCc1ccc(Oc2ccccc2)cc1. The summed E-state index contributed by atoms with van der Waals surface area (Å²) < 4.78 is 5.78. The van der Waals surface area contributed by atoms with Crippen LogP contribution in [0.2, 0.25) is 0 Å². The lowest BCUT2D eigenvalue weighted by Gasteiger charge is -2.23. The van der Waals surface area contributed by atoms with Crippen molar-refractivity contribution in [3.05, 3.63) is 60.2 Å². The number of aryl methyl sites for hydroxylation is 1. The van der Waals surface area contributed by atoms with Gasteiger partial charge in [-0.25, -0.2) is 0 Å². The van der Waals surface area contributed by atoms with Crippen LogP contribution in [-0.4, -0.2) is 11.7 Å². The molecular formula is C19H24O2. The second-order valence-corrected chi connectivity index (χ2v) is 6.20. The first-order valence-electron chi connectivity index (χ1n) is 7.52. The van der Waals surface area contributed by atoms with Crippen LogP contribution in [0.4, 0.5) is 0 Å². The van der Waals surface area contributed by atoms with Gasteiger partial charge in [0.05, 0.1) is 0 Å². The number of para-hydroxylation sites is 1. The molecule has 0 spiro atoms. The fraction of sp³-hybridized carbons (Fsp3) is 0.368. The van der Waals surface area contributed by atoms with Gasteiger partial charge in [-0.15, -0.1) is 0 Å². The fourth-order valence-electron chi connectivity index (χ4n) is 2.26. The van der Waals surface area contributed by atoms with Gasteiger partial charge < -0.3 is 9.84 Å². The van der Waals surface area contributed by atoms with E-state index < -0.39 is 0 Å². The number of rotatable bonds is 7. The molecule has 0 atom stereocenters. The molecule has 2 aromatic rings. The van der Waals surface area contributed by atoms with Gasteiger partial charge in [-0.1, -0.05) is 44.2 Å². The van der Waals surface area contributed by atoms with Gasteiger partial charge in [-0.05, 0) is 54.5 Å². The molecule has 0 aromatic heterocycles. The van der Waals surface area contributed by atoms with E-state index in [9.17, 15) is 0 Å². The molecule has 21 heavy (non-hydrogen) atoms. The second kappa shape index (κ2) is 7.28. The quantitative estimate of drug-likeness (QED) is 0.790. The maximum absolute atomic E-state index is 9.06. The number of benzene rings is 2. The first kappa shape index (κ1) is 15.6. The molecule has 0 saturated heterocycles. The van der Waals surface area contributed by atoms with Crippen molar-refractivity contribution in [3.8, 4) is 11.5 Å². The summed E-state index contributed by atoms with van der Waals surface area (Å²) in [6, 6.07) is 18.1. The molecule has 0 saturated carbocycles. The van der Waals surface area contributed by atoms with Crippen LogP contribution < -0.4 is 4.74 Å². The summed E-state index contributed by atoms with van der Waals surface area (Å²) in [5, 5.41) is 9.06. The smallest absolute Gasteiger partial charge is 0.127 e. The molecule has 0 aliphatic carbocycles. The van der Waals surface area contributed by atoms with E-state index in [-0.39, 0.29) is 12.0 Å². The lowest BCUT2D eigenvalue weighted by atomic mass is 9.83. The van der Waals surface area contributed by atoms with E-state index in [0.29, 0.717) is 0 Å². The lowest BCUT2D eigenvalue weighted by Crippen LogP contribution is -2.14. The minimum absolute atomic E-state index is 0.188. The summed E-state index contributed by atoms with van der Waals surface area (Å²) in [6.07, 6.45) is 2.95. The third-order valence-electron chi connectivity index (χ3n) is 3.78. The Bertz CT molecular complexity index is 529. The minimum atomic E-state index is 0.188. The van der Waals surface area contributed by atoms with Gasteiger partial charge in [0.25, 0.3) is 0 Å². The molecule has 2 nitrogen and oxygen atoms in total. The molecule has 0 aliphatic rings. The Morgan fingerprint density at radius 1 is 0.857 bits per heavy atom. The number of aliphatic hydroxyl groups excluding tert-OH is 1. The highest BCUT2D eigenvalue weighted by atomic mass is 16.5. The average molecular weight is 284 g/mol. The average Bonchev–Trinajstić information content (AvgIpc) is 2.48. The van der Waals surface area contributed by atoms with Crippen LogP contribution in [0.15, 0.2) is 54.6 Å². The molecule has 0 bridgehead atoms. The van der Waals surface area contributed by atoms with E-state index in [2.05, 4.69) is 26.0 Å². The van der Waals surface area contributed by atoms with Gasteiger partial charge in [-0.3, -0.25) is 0 Å². The van der Waals surface area contributed by atoms with Gasteiger partial charge in [0, 0.05) is 6.61 Å². The monoisotopic (exact) mass is 284 g/mol. The molecule has 0 radical (unpaired) electrons. The van der Waals surface area contributed by atoms with E-state index in [1.54, 1.807) is 0 Å². The first-order chi connectivity index (χ1) is 10.1. The Labute approximate surface area is 127 Å². The van der Waals surface area contributed by atoms with Crippen LogP contribution >= 0.6 is 0 Å². The van der Waals surface area contributed by atoms with Gasteiger partial charge in [-0.2, -0.15) is 0 Å². The number of hydrogen-bond acceptors (Lipinski definition) is 2. The summed E-state index contributed by atoms with van der Waals surface area (Å²) in [6.45, 7) is 4.67. The van der Waals surface area contributed by atoms with Gasteiger partial charge in [0.15, 0.2) is 0 Å². The fourth-order valence-corrected chi connectivity index (χ4v) is 2.26. The summed E-state index contributed by atoms with van der Waals surface area (Å²) in [5.74, 6) is 1.72. The zero-order valence-corrected chi connectivity index (χ0v) is 12.9. The molecule has 2 rings (SSSR count). The first-order valence-corrected chi connectivity index (χ1v) is 7.52. The molecule has 1 N–H and O–H groups in total. The van der Waals surface area contributed by atoms with Crippen molar-refractivity contribution in [3.63, 3.8) is 0 Å². The summed E-state index contributed by atoms with van der Waals surface area (Å²) in [5.41, 5.74) is 1.50. The Hall–Kier alpha value is -1.80. The highest BCUT2D eigenvalue weighted by Gasteiger charge is 2.16. The summed E-state index contributed by atoms with van der Waals surface area (Å²) >= 11 is 0. The largest absolute Gasteiger partial charge is 0.457 e. The van der Waals surface area contributed by atoms with Gasteiger partial charge in [0.1, 0.15) is 11.5 Å². The Balaban J connectivity index is 1.90. The second-order valence-electron chi connectivity index (χ2n) is 6.20. The van der Waals surface area contributed by atoms with Crippen molar-refractivity contribution >= 4 is 0 Å². The highest BCUT2D eigenvalue weighted by molar-refractivity contribution is 5.33. The topological polar surface area (TPSA) is 29.5 Å². The summed E-state index contributed by atoms with van der Waals surface area (Å²) in [4.78, 5) is 0. The lowest BCUT2D eigenvalue weighted by molar-refractivity contribution is 0.202. The van der Waals surface area contributed by atoms with Crippen LogP contribution in [0.5, 0.6) is 11.5 Å². The molecule has 0 amide bonds. The Kier molecular flexibility index (Phi) is 5.40. The molecule has 0 aliphatic heterocycles. The predicted molar refractivity (Wildman–Crippen MR) is 86.8 cm³/mol.